The molecule has 0 unspecified atom stereocenters. The molecular formula is C9H10BrNO. The normalized spacial score (nSPS) is 9.92. The number of halogens is 1. The van der Waals surface area contributed by atoms with E-state index < -0.39 is 0 Å². The lowest BCUT2D eigenvalue weighted by Gasteiger charge is -2.06. The van der Waals surface area contributed by atoms with Crippen LogP contribution in [-0.2, 0) is 0 Å². The summed E-state index contributed by atoms with van der Waals surface area (Å²) in [6.07, 6.45) is 0. The van der Waals surface area contributed by atoms with Gasteiger partial charge < -0.3 is 5.73 Å². The van der Waals surface area contributed by atoms with Crippen LogP contribution in [0.4, 0.5) is 5.69 Å². The lowest BCUT2D eigenvalue weighted by Crippen LogP contribution is -1.99. The molecule has 0 fully saturated rings. The number of aryl methyl sites for hydroxylation is 1. The minimum absolute atomic E-state index is 0.0218. The van der Waals surface area contributed by atoms with E-state index in [1.165, 1.54) is 6.92 Å². The lowest BCUT2D eigenvalue weighted by molar-refractivity contribution is 0.101. The van der Waals surface area contributed by atoms with E-state index in [0.717, 1.165) is 5.56 Å². The summed E-state index contributed by atoms with van der Waals surface area (Å²) in [4.78, 5) is 11.0. The molecule has 0 heterocycles. The van der Waals surface area contributed by atoms with Crippen molar-refractivity contribution in [1.29, 1.82) is 0 Å². The molecule has 0 aliphatic heterocycles. The Morgan fingerprint density at radius 2 is 2.08 bits per heavy atom. The maximum absolute atomic E-state index is 11.0. The van der Waals surface area contributed by atoms with Crippen LogP contribution < -0.4 is 5.73 Å². The molecule has 12 heavy (non-hydrogen) atoms. The number of hydrogen-bond acceptors (Lipinski definition) is 2. The van der Waals surface area contributed by atoms with Crippen molar-refractivity contribution in [1.82, 2.24) is 0 Å². The summed E-state index contributed by atoms with van der Waals surface area (Å²) in [5, 5.41) is 0. The van der Waals surface area contributed by atoms with Crippen molar-refractivity contribution in [3.8, 4) is 0 Å². The van der Waals surface area contributed by atoms with E-state index in [0.29, 0.717) is 15.7 Å². The molecule has 1 aromatic rings. The zero-order valence-corrected chi connectivity index (χ0v) is 8.60. The van der Waals surface area contributed by atoms with Gasteiger partial charge in [0.15, 0.2) is 5.78 Å². The number of anilines is 1. The van der Waals surface area contributed by atoms with E-state index in [1.54, 1.807) is 6.07 Å². The molecule has 3 heteroatoms. The van der Waals surface area contributed by atoms with E-state index in [1.807, 2.05) is 13.0 Å². The number of ketones is 1. The summed E-state index contributed by atoms with van der Waals surface area (Å²) in [5.41, 5.74) is 7.98. The molecule has 2 nitrogen and oxygen atoms in total. The van der Waals surface area contributed by atoms with Crippen LogP contribution in [0.3, 0.4) is 0 Å². The smallest absolute Gasteiger partial charge is 0.161 e. The van der Waals surface area contributed by atoms with E-state index in [9.17, 15) is 4.79 Å². The largest absolute Gasteiger partial charge is 0.398 e. The third kappa shape index (κ3) is 1.50. The minimum atomic E-state index is 0.0218. The highest BCUT2D eigenvalue weighted by atomic mass is 79.9. The highest BCUT2D eigenvalue weighted by Crippen LogP contribution is 2.27. The summed E-state index contributed by atoms with van der Waals surface area (Å²) in [6, 6.07) is 3.62. The first-order valence-electron chi connectivity index (χ1n) is 3.59. The Kier molecular flexibility index (Phi) is 2.52. The van der Waals surface area contributed by atoms with Gasteiger partial charge in [0.1, 0.15) is 0 Å². The van der Waals surface area contributed by atoms with Crippen molar-refractivity contribution in [3.63, 3.8) is 0 Å². The van der Waals surface area contributed by atoms with Gasteiger partial charge in [0.25, 0.3) is 0 Å². The van der Waals surface area contributed by atoms with E-state index in [4.69, 9.17) is 5.73 Å². The second-order valence-corrected chi connectivity index (χ2v) is 3.51. The van der Waals surface area contributed by atoms with E-state index in [-0.39, 0.29) is 5.78 Å². The fourth-order valence-electron chi connectivity index (χ4n) is 0.961. The van der Waals surface area contributed by atoms with Gasteiger partial charge in [-0.2, -0.15) is 0 Å². The molecule has 2 N–H and O–H groups in total. The van der Waals surface area contributed by atoms with Gasteiger partial charge in [0.05, 0.1) is 4.47 Å². The number of rotatable bonds is 1. The molecule has 0 spiro atoms. The Labute approximate surface area is 79.9 Å². The topological polar surface area (TPSA) is 43.1 Å². The minimum Gasteiger partial charge on any atom is -0.398 e. The molecule has 0 amide bonds. The number of benzene rings is 1. The molecule has 0 atom stereocenters. The van der Waals surface area contributed by atoms with Gasteiger partial charge in [-0.3, -0.25) is 4.79 Å². The van der Waals surface area contributed by atoms with Crippen molar-refractivity contribution in [3.05, 3.63) is 27.7 Å². The van der Waals surface area contributed by atoms with Crippen LogP contribution in [0, 0.1) is 6.92 Å². The Hall–Kier alpha value is -0.830. The van der Waals surface area contributed by atoms with Crippen LogP contribution in [0.2, 0.25) is 0 Å². The molecular weight excluding hydrogens is 218 g/mol. The van der Waals surface area contributed by atoms with Crippen LogP contribution in [0.5, 0.6) is 0 Å². The number of hydrogen-bond donors (Lipinski definition) is 1. The van der Waals surface area contributed by atoms with Gasteiger partial charge in [-0.25, -0.2) is 0 Å². The third-order valence-electron chi connectivity index (χ3n) is 1.78. The first-order chi connectivity index (χ1) is 5.54. The molecule has 1 rings (SSSR count). The van der Waals surface area contributed by atoms with Crippen molar-refractivity contribution in [2.45, 2.75) is 13.8 Å². The zero-order valence-electron chi connectivity index (χ0n) is 7.02. The number of carbonyl (C=O) groups excluding carboxylic acids is 1. The van der Waals surface area contributed by atoms with Gasteiger partial charge >= 0.3 is 0 Å². The van der Waals surface area contributed by atoms with Crippen molar-refractivity contribution >= 4 is 27.4 Å². The van der Waals surface area contributed by atoms with Crippen LogP contribution in [0.1, 0.15) is 22.8 Å². The summed E-state index contributed by atoms with van der Waals surface area (Å²) in [5.74, 6) is 0.0218. The zero-order chi connectivity index (χ0) is 9.30. The highest BCUT2D eigenvalue weighted by Gasteiger charge is 2.08. The predicted molar refractivity (Wildman–Crippen MR) is 53.3 cm³/mol. The first-order valence-corrected chi connectivity index (χ1v) is 4.39. The fraction of sp³-hybridized carbons (Fsp3) is 0.222. The van der Waals surface area contributed by atoms with Gasteiger partial charge in [0, 0.05) is 11.3 Å². The van der Waals surface area contributed by atoms with Crippen molar-refractivity contribution in [2.75, 3.05) is 5.73 Å². The molecule has 0 aliphatic rings. The van der Waals surface area contributed by atoms with Crippen LogP contribution in [-0.4, -0.2) is 5.78 Å². The first kappa shape index (κ1) is 9.26. The predicted octanol–water partition coefficient (Wildman–Crippen LogP) is 2.54. The maximum Gasteiger partial charge on any atom is 0.161 e. The average molecular weight is 228 g/mol. The highest BCUT2D eigenvalue weighted by molar-refractivity contribution is 9.10. The van der Waals surface area contributed by atoms with Crippen molar-refractivity contribution in [2.24, 2.45) is 0 Å². The van der Waals surface area contributed by atoms with Crippen LogP contribution >= 0.6 is 15.9 Å². The standard InChI is InChI=1S/C9H10BrNO/c1-5-3-4-7(6(2)12)8(10)9(5)11/h3-4H,11H2,1-2H3. The molecule has 0 saturated heterocycles. The number of nitrogens with two attached hydrogens (primary N) is 1. The molecule has 1 aromatic carbocycles. The molecule has 0 aromatic heterocycles. The van der Waals surface area contributed by atoms with Gasteiger partial charge in [-0.15, -0.1) is 0 Å². The number of carbonyl (C=O) groups is 1. The fourth-order valence-corrected chi connectivity index (χ4v) is 1.69. The lowest BCUT2D eigenvalue weighted by atomic mass is 10.1. The summed E-state index contributed by atoms with van der Waals surface area (Å²) in [7, 11) is 0. The van der Waals surface area contributed by atoms with Crippen LogP contribution in [0.25, 0.3) is 0 Å². The summed E-state index contributed by atoms with van der Waals surface area (Å²) < 4.78 is 0.704. The monoisotopic (exact) mass is 227 g/mol. The maximum atomic E-state index is 11.0. The van der Waals surface area contributed by atoms with E-state index >= 15 is 0 Å². The Balaban J connectivity index is 3.36. The molecule has 0 radical (unpaired) electrons. The third-order valence-corrected chi connectivity index (χ3v) is 2.63. The second-order valence-electron chi connectivity index (χ2n) is 2.71. The van der Waals surface area contributed by atoms with E-state index in [2.05, 4.69) is 15.9 Å². The van der Waals surface area contributed by atoms with Gasteiger partial charge in [-0.1, -0.05) is 6.07 Å². The van der Waals surface area contributed by atoms with Gasteiger partial charge in [0.2, 0.25) is 0 Å². The molecule has 0 saturated carbocycles. The average Bonchev–Trinajstić information content (AvgIpc) is 2.00. The quantitative estimate of drug-likeness (QED) is 0.592. The van der Waals surface area contributed by atoms with Crippen LogP contribution in [0.15, 0.2) is 16.6 Å². The van der Waals surface area contributed by atoms with Gasteiger partial charge in [-0.05, 0) is 41.4 Å². The second kappa shape index (κ2) is 3.27. The Bertz CT molecular complexity index is 334. The number of nitrogen functional groups attached to an aromatic ring is 1. The Morgan fingerprint density at radius 3 is 2.58 bits per heavy atom. The molecule has 64 valence electrons. The molecule has 0 bridgehead atoms. The Morgan fingerprint density at radius 1 is 1.50 bits per heavy atom. The summed E-state index contributed by atoms with van der Waals surface area (Å²) in [6.45, 7) is 3.43. The number of Topliss-reactive ketones (excluding diaryl/α,β-unsaturated/α-hetero) is 1. The summed E-state index contributed by atoms with van der Waals surface area (Å²) >= 11 is 3.29. The SMILES string of the molecule is CC(=O)c1ccc(C)c(N)c1Br. The van der Waals surface area contributed by atoms with Crippen molar-refractivity contribution < 1.29 is 4.79 Å². The molecule has 0 aliphatic carbocycles.